The highest BCUT2D eigenvalue weighted by Crippen LogP contribution is 2.16. The topological polar surface area (TPSA) is 45.9 Å². The highest BCUT2D eigenvalue weighted by molar-refractivity contribution is 5.26. The molecule has 0 saturated heterocycles. The molecule has 0 fully saturated rings. The van der Waals surface area contributed by atoms with Gasteiger partial charge in [-0.1, -0.05) is 90.4 Å². The van der Waals surface area contributed by atoms with Crippen molar-refractivity contribution in [2.24, 2.45) is 0 Å². The number of ether oxygens (including phenoxy) is 1. The van der Waals surface area contributed by atoms with Crippen LogP contribution in [0.3, 0.4) is 0 Å². The minimum Gasteiger partial charge on any atom is -0.489 e. The van der Waals surface area contributed by atoms with Crippen molar-refractivity contribution < 1.29 is 4.74 Å². The maximum Gasteiger partial charge on any atom is 0.140 e. The zero-order valence-electron chi connectivity index (χ0n) is 17.7. The maximum atomic E-state index is 8.75. The predicted molar refractivity (Wildman–Crippen MR) is 114 cm³/mol. The van der Waals surface area contributed by atoms with Gasteiger partial charge in [-0.05, 0) is 31.9 Å². The van der Waals surface area contributed by atoms with E-state index in [2.05, 4.69) is 18.8 Å². The predicted octanol–water partition coefficient (Wildman–Crippen LogP) is 7.59. The quantitative estimate of drug-likeness (QED) is 0.265. The van der Waals surface area contributed by atoms with Crippen molar-refractivity contribution in [3.8, 4) is 11.8 Å². The summed E-state index contributed by atoms with van der Waals surface area (Å²) in [7, 11) is 0. The zero-order valence-corrected chi connectivity index (χ0v) is 17.7. The molecule has 1 atom stereocenters. The lowest BCUT2D eigenvalue weighted by atomic mass is 10.0. The van der Waals surface area contributed by atoms with E-state index in [9.17, 15) is 0 Å². The van der Waals surface area contributed by atoms with Crippen molar-refractivity contribution in [3.05, 3.63) is 24.0 Å². The third-order valence-corrected chi connectivity index (χ3v) is 5.15. The molecule has 1 aromatic heterocycles. The fourth-order valence-corrected chi connectivity index (χ4v) is 3.43. The Morgan fingerprint density at radius 2 is 1.37 bits per heavy atom. The summed E-state index contributed by atoms with van der Waals surface area (Å²) >= 11 is 0. The summed E-state index contributed by atoms with van der Waals surface area (Å²) < 4.78 is 5.86. The van der Waals surface area contributed by atoms with Gasteiger partial charge in [0.1, 0.15) is 17.5 Å². The summed E-state index contributed by atoms with van der Waals surface area (Å²) in [6.45, 7) is 4.39. The largest absolute Gasteiger partial charge is 0.489 e. The molecule has 152 valence electrons. The van der Waals surface area contributed by atoms with E-state index in [-0.39, 0.29) is 6.10 Å². The van der Waals surface area contributed by atoms with Crippen LogP contribution in [0.1, 0.15) is 116 Å². The number of hydrogen-bond acceptors (Lipinski definition) is 3. The number of pyridine rings is 1. The summed E-state index contributed by atoms with van der Waals surface area (Å²) in [6.07, 6.45) is 22.4. The van der Waals surface area contributed by atoms with Gasteiger partial charge < -0.3 is 4.74 Å². The Hall–Kier alpha value is -1.56. The van der Waals surface area contributed by atoms with E-state index in [1.54, 1.807) is 12.3 Å². The van der Waals surface area contributed by atoms with Gasteiger partial charge in [-0.2, -0.15) is 5.26 Å². The molecule has 0 aliphatic carbocycles. The first-order valence-corrected chi connectivity index (χ1v) is 11.3. The Labute approximate surface area is 167 Å². The van der Waals surface area contributed by atoms with Gasteiger partial charge in [-0.15, -0.1) is 0 Å². The second-order valence-electron chi connectivity index (χ2n) is 7.80. The summed E-state index contributed by atoms with van der Waals surface area (Å²) in [5, 5.41) is 8.75. The van der Waals surface area contributed by atoms with Crippen LogP contribution >= 0.6 is 0 Å². The van der Waals surface area contributed by atoms with Crippen LogP contribution in [0.4, 0.5) is 0 Å². The Kier molecular flexibility index (Phi) is 14.4. The zero-order chi connectivity index (χ0) is 19.6. The number of unbranched alkanes of at least 4 members (excludes halogenated alkanes) is 13. The molecule has 0 bridgehead atoms. The lowest BCUT2D eigenvalue weighted by molar-refractivity contribution is 0.205. The van der Waals surface area contributed by atoms with Crippen molar-refractivity contribution in [2.45, 2.75) is 116 Å². The van der Waals surface area contributed by atoms with E-state index in [1.807, 2.05) is 12.1 Å². The van der Waals surface area contributed by atoms with Crippen LogP contribution in [0.2, 0.25) is 0 Å². The van der Waals surface area contributed by atoms with Crippen LogP contribution in [0, 0.1) is 11.3 Å². The molecule has 0 aliphatic heterocycles. The van der Waals surface area contributed by atoms with Crippen molar-refractivity contribution in [1.29, 1.82) is 5.26 Å². The third kappa shape index (κ3) is 13.3. The molecule has 0 aromatic carbocycles. The molecular formula is C24H40N2O. The summed E-state index contributed by atoms with van der Waals surface area (Å²) in [5.41, 5.74) is 0.432. The molecule has 0 unspecified atom stereocenters. The molecule has 1 rings (SSSR count). The monoisotopic (exact) mass is 372 g/mol. The van der Waals surface area contributed by atoms with E-state index in [0.717, 1.165) is 12.2 Å². The fourth-order valence-electron chi connectivity index (χ4n) is 3.43. The SMILES string of the molecule is CCCCCCCCCCCCCCCC[C@H](C)Oc1ccc(C#N)nc1. The molecule has 27 heavy (non-hydrogen) atoms. The Bertz CT molecular complexity index is 492. The molecule has 0 amide bonds. The first-order chi connectivity index (χ1) is 13.3. The van der Waals surface area contributed by atoms with E-state index >= 15 is 0 Å². The normalized spacial score (nSPS) is 11.9. The summed E-state index contributed by atoms with van der Waals surface area (Å²) in [5.74, 6) is 0.756. The van der Waals surface area contributed by atoms with E-state index in [1.165, 1.54) is 89.9 Å². The standard InChI is InChI=1S/C24H40N2O/c1-3-4-5-6-7-8-9-10-11-12-13-14-15-16-17-22(2)27-24-19-18-23(20-25)26-21-24/h18-19,21-22H,3-17H2,1-2H3/t22-/m0/s1. The van der Waals surface area contributed by atoms with Crippen LogP contribution in [0.5, 0.6) is 5.75 Å². The average molecular weight is 373 g/mol. The molecular weight excluding hydrogens is 332 g/mol. The van der Waals surface area contributed by atoms with Crippen LogP contribution in [-0.4, -0.2) is 11.1 Å². The number of nitrogens with zero attached hydrogens (tertiary/aromatic N) is 2. The molecule has 1 heterocycles. The van der Waals surface area contributed by atoms with Crippen molar-refractivity contribution >= 4 is 0 Å². The van der Waals surface area contributed by atoms with Gasteiger partial charge >= 0.3 is 0 Å². The fraction of sp³-hybridized carbons (Fsp3) is 0.750. The molecule has 0 saturated carbocycles. The molecule has 3 nitrogen and oxygen atoms in total. The number of rotatable bonds is 17. The smallest absolute Gasteiger partial charge is 0.140 e. The van der Waals surface area contributed by atoms with Crippen LogP contribution < -0.4 is 4.74 Å². The first-order valence-electron chi connectivity index (χ1n) is 11.3. The molecule has 0 radical (unpaired) electrons. The highest BCUT2D eigenvalue weighted by atomic mass is 16.5. The Balaban J connectivity index is 1.86. The van der Waals surface area contributed by atoms with Gasteiger partial charge in [0.15, 0.2) is 0 Å². The average Bonchev–Trinajstić information content (AvgIpc) is 2.69. The van der Waals surface area contributed by atoms with Gasteiger partial charge in [0.25, 0.3) is 0 Å². The molecule has 1 aromatic rings. The second-order valence-corrected chi connectivity index (χ2v) is 7.80. The second kappa shape index (κ2) is 16.6. The van der Waals surface area contributed by atoms with Gasteiger partial charge in [0.05, 0.1) is 12.3 Å². The van der Waals surface area contributed by atoms with Crippen molar-refractivity contribution in [2.75, 3.05) is 0 Å². The van der Waals surface area contributed by atoms with Crippen LogP contribution in [0.25, 0.3) is 0 Å². The van der Waals surface area contributed by atoms with E-state index in [0.29, 0.717) is 5.69 Å². The maximum absolute atomic E-state index is 8.75. The number of aromatic nitrogens is 1. The Morgan fingerprint density at radius 3 is 1.81 bits per heavy atom. The number of nitriles is 1. The Morgan fingerprint density at radius 1 is 0.852 bits per heavy atom. The van der Waals surface area contributed by atoms with Gasteiger partial charge in [-0.25, -0.2) is 4.98 Å². The lowest BCUT2D eigenvalue weighted by Crippen LogP contribution is -2.11. The van der Waals surface area contributed by atoms with Crippen LogP contribution in [0.15, 0.2) is 18.3 Å². The van der Waals surface area contributed by atoms with Crippen molar-refractivity contribution in [1.82, 2.24) is 4.98 Å². The molecule has 0 spiro atoms. The minimum atomic E-state index is 0.206. The molecule has 0 N–H and O–H groups in total. The summed E-state index contributed by atoms with van der Waals surface area (Å²) in [6, 6.07) is 5.55. The summed E-state index contributed by atoms with van der Waals surface area (Å²) in [4.78, 5) is 4.04. The molecule has 3 heteroatoms. The van der Waals surface area contributed by atoms with Gasteiger partial charge in [0.2, 0.25) is 0 Å². The lowest BCUT2D eigenvalue weighted by Gasteiger charge is -2.14. The minimum absolute atomic E-state index is 0.206. The van der Waals surface area contributed by atoms with Crippen LogP contribution in [-0.2, 0) is 0 Å². The van der Waals surface area contributed by atoms with Gasteiger partial charge in [0, 0.05) is 0 Å². The molecule has 0 aliphatic rings. The van der Waals surface area contributed by atoms with Crippen molar-refractivity contribution in [3.63, 3.8) is 0 Å². The highest BCUT2D eigenvalue weighted by Gasteiger charge is 2.04. The van der Waals surface area contributed by atoms with E-state index in [4.69, 9.17) is 10.00 Å². The third-order valence-electron chi connectivity index (χ3n) is 5.15. The van der Waals surface area contributed by atoms with E-state index < -0.39 is 0 Å². The first kappa shape index (κ1) is 23.5. The number of hydrogen-bond donors (Lipinski definition) is 0. The van der Waals surface area contributed by atoms with Gasteiger partial charge in [-0.3, -0.25) is 0 Å².